The summed E-state index contributed by atoms with van der Waals surface area (Å²) in [5, 5.41) is 2.97. The molecule has 4 nitrogen and oxygen atoms in total. The van der Waals surface area contributed by atoms with Crippen molar-refractivity contribution in [3.63, 3.8) is 0 Å². The summed E-state index contributed by atoms with van der Waals surface area (Å²) >= 11 is 0. The highest BCUT2D eigenvalue weighted by molar-refractivity contribution is 6.04. The van der Waals surface area contributed by atoms with Gasteiger partial charge >= 0.3 is 0 Å². The van der Waals surface area contributed by atoms with E-state index < -0.39 is 5.79 Å². The van der Waals surface area contributed by atoms with Crippen LogP contribution < -0.4 is 5.32 Å². The highest BCUT2D eigenvalue weighted by Gasteiger charge is 2.53. The molecule has 4 heteroatoms. The number of hydrogen-bond acceptors (Lipinski definition) is 3. The first-order valence-corrected chi connectivity index (χ1v) is 10.4. The number of carbonyl (C=O) groups is 1. The van der Waals surface area contributed by atoms with Gasteiger partial charge in [0.1, 0.15) is 0 Å². The summed E-state index contributed by atoms with van der Waals surface area (Å²) in [6.07, 6.45) is 5.41. The zero-order valence-corrected chi connectivity index (χ0v) is 16.6. The molecule has 2 aromatic rings. The topological polar surface area (TPSA) is 47.6 Å². The van der Waals surface area contributed by atoms with Crippen LogP contribution >= 0.6 is 0 Å². The second-order valence-electron chi connectivity index (χ2n) is 8.54. The van der Waals surface area contributed by atoms with Crippen molar-refractivity contribution in [2.75, 3.05) is 11.9 Å². The largest absolute Gasteiger partial charge is 0.338 e. The third kappa shape index (κ3) is 3.05. The van der Waals surface area contributed by atoms with Gasteiger partial charge in [0.05, 0.1) is 18.4 Å². The van der Waals surface area contributed by atoms with E-state index >= 15 is 0 Å². The van der Waals surface area contributed by atoms with Gasteiger partial charge in [-0.25, -0.2) is 0 Å². The number of hydrogen-bond donors (Lipinski definition) is 1. The molecular weight excluding hydrogens is 350 g/mol. The summed E-state index contributed by atoms with van der Waals surface area (Å²) in [6.45, 7) is 4.87. The lowest BCUT2D eigenvalue weighted by molar-refractivity contribution is -0.281. The van der Waals surface area contributed by atoms with E-state index in [1.165, 1.54) is 35.1 Å². The molecular formula is C24H27NO3. The summed E-state index contributed by atoms with van der Waals surface area (Å²) in [5.74, 6) is -0.697. The number of ether oxygens (including phenoxy) is 2. The van der Waals surface area contributed by atoms with Crippen molar-refractivity contribution in [2.45, 2.75) is 57.8 Å². The van der Waals surface area contributed by atoms with Crippen LogP contribution in [0.5, 0.6) is 0 Å². The highest BCUT2D eigenvalue weighted by atomic mass is 16.7. The molecule has 2 aliphatic heterocycles. The smallest absolute Gasteiger partial charge is 0.289 e. The van der Waals surface area contributed by atoms with Gasteiger partial charge in [-0.15, -0.1) is 0 Å². The van der Waals surface area contributed by atoms with Gasteiger partial charge in [-0.3, -0.25) is 4.79 Å². The van der Waals surface area contributed by atoms with E-state index in [2.05, 4.69) is 49.5 Å². The first kappa shape index (κ1) is 17.9. The second kappa shape index (κ2) is 6.71. The first-order chi connectivity index (χ1) is 13.5. The lowest BCUT2D eigenvalue weighted by atomic mass is 9.94. The predicted octanol–water partition coefficient (Wildman–Crippen LogP) is 4.60. The Morgan fingerprint density at radius 1 is 1.14 bits per heavy atom. The molecule has 0 bridgehead atoms. The van der Waals surface area contributed by atoms with Gasteiger partial charge in [0, 0.05) is 5.56 Å². The van der Waals surface area contributed by atoms with Crippen LogP contribution in [-0.2, 0) is 26.5 Å². The normalized spacial score (nSPS) is 26.4. The maximum absolute atomic E-state index is 12.9. The Balaban J connectivity index is 1.46. The van der Waals surface area contributed by atoms with Crippen LogP contribution in [0.2, 0.25) is 0 Å². The molecule has 2 aromatic carbocycles. The van der Waals surface area contributed by atoms with Crippen molar-refractivity contribution in [3.8, 4) is 0 Å². The van der Waals surface area contributed by atoms with E-state index in [1.807, 2.05) is 6.07 Å². The van der Waals surface area contributed by atoms with Crippen molar-refractivity contribution in [2.24, 2.45) is 5.92 Å². The maximum Gasteiger partial charge on any atom is 0.289 e. The lowest BCUT2D eigenvalue weighted by Gasteiger charge is -2.37. The molecule has 1 spiro atoms. The monoisotopic (exact) mass is 377 g/mol. The molecule has 1 N–H and O–H groups in total. The minimum atomic E-state index is -1.27. The molecule has 1 saturated heterocycles. The highest BCUT2D eigenvalue weighted by Crippen LogP contribution is 2.46. The third-order valence-electron chi connectivity index (χ3n) is 6.47. The Kier molecular flexibility index (Phi) is 4.29. The quantitative estimate of drug-likeness (QED) is 0.847. The second-order valence-corrected chi connectivity index (χ2v) is 8.54. The third-order valence-corrected chi connectivity index (χ3v) is 6.47. The van der Waals surface area contributed by atoms with Crippen LogP contribution in [-0.4, -0.2) is 18.6 Å². The molecule has 1 unspecified atom stereocenters. The average Bonchev–Trinajstić information content (AvgIpc) is 3.46. The number of fused-ring (bicyclic) bond motifs is 2. The van der Waals surface area contributed by atoms with Gasteiger partial charge in [-0.05, 0) is 73.4 Å². The molecule has 0 aromatic heterocycles. The van der Waals surface area contributed by atoms with Crippen LogP contribution in [0.1, 0.15) is 53.5 Å². The van der Waals surface area contributed by atoms with Gasteiger partial charge in [-0.2, -0.15) is 0 Å². The van der Waals surface area contributed by atoms with E-state index in [-0.39, 0.29) is 12.0 Å². The molecule has 2 heterocycles. The van der Waals surface area contributed by atoms with Gasteiger partial charge in [0.2, 0.25) is 0 Å². The van der Waals surface area contributed by atoms with E-state index in [4.69, 9.17) is 9.47 Å². The fourth-order valence-electron chi connectivity index (χ4n) is 4.45. The summed E-state index contributed by atoms with van der Waals surface area (Å²) in [7, 11) is 0. The maximum atomic E-state index is 12.9. The zero-order valence-electron chi connectivity index (χ0n) is 16.6. The Labute approximate surface area is 166 Å². The molecule has 5 rings (SSSR count). The van der Waals surface area contributed by atoms with Crippen LogP contribution in [0.25, 0.3) is 0 Å². The SMILES string of the molecule is Cc1cccc(Cc2ccc3c(c2)[C@]2(OCCC(CC4CC4)O2)C(=O)N3)c1C. The molecule has 1 aliphatic carbocycles. The molecule has 1 saturated carbocycles. The molecule has 28 heavy (non-hydrogen) atoms. The number of nitrogens with one attached hydrogen (secondary N) is 1. The van der Waals surface area contributed by atoms with Crippen molar-refractivity contribution in [3.05, 3.63) is 64.2 Å². The van der Waals surface area contributed by atoms with Crippen LogP contribution in [0.4, 0.5) is 5.69 Å². The first-order valence-electron chi connectivity index (χ1n) is 10.4. The minimum absolute atomic E-state index is 0.0978. The Bertz CT molecular complexity index is 933. The van der Waals surface area contributed by atoms with E-state index in [9.17, 15) is 4.79 Å². The van der Waals surface area contributed by atoms with Crippen molar-refractivity contribution < 1.29 is 14.3 Å². The number of carbonyl (C=O) groups excluding carboxylic acids is 1. The van der Waals surface area contributed by atoms with Crippen LogP contribution in [0.15, 0.2) is 36.4 Å². The summed E-state index contributed by atoms with van der Waals surface area (Å²) in [6, 6.07) is 12.6. The molecule has 1 amide bonds. The Morgan fingerprint density at radius 2 is 2.00 bits per heavy atom. The fourth-order valence-corrected chi connectivity index (χ4v) is 4.45. The summed E-state index contributed by atoms with van der Waals surface area (Å²) in [4.78, 5) is 12.9. The average molecular weight is 377 g/mol. The number of amides is 1. The molecule has 146 valence electrons. The predicted molar refractivity (Wildman–Crippen MR) is 108 cm³/mol. The van der Waals surface area contributed by atoms with Gasteiger partial charge in [0.25, 0.3) is 11.7 Å². The van der Waals surface area contributed by atoms with Crippen LogP contribution in [0, 0.1) is 19.8 Å². The number of benzene rings is 2. The summed E-state index contributed by atoms with van der Waals surface area (Å²) < 4.78 is 12.3. The molecule has 3 aliphatic rings. The number of aryl methyl sites for hydroxylation is 1. The fraction of sp³-hybridized carbons (Fsp3) is 0.458. The molecule has 0 radical (unpaired) electrons. The minimum Gasteiger partial charge on any atom is -0.338 e. The van der Waals surface area contributed by atoms with Crippen molar-refractivity contribution in [1.29, 1.82) is 0 Å². The van der Waals surface area contributed by atoms with Gasteiger partial charge < -0.3 is 14.8 Å². The van der Waals surface area contributed by atoms with E-state index in [1.54, 1.807) is 0 Å². The van der Waals surface area contributed by atoms with Crippen molar-refractivity contribution in [1.82, 2.24) is 0 Å². The molecule has 2 atom stereocenters. The molecule has 2 fully saturated rings. The summed E-state index contributed by atoms with van der Waals surface area (Å²) in [5.41, 5.74) is 6.74. The number of rotatable bonds is 4. The van der Waals surface area contributed by atoms with E-state index in [0.717, 1.165) is 36.4 Å². The Hall–Kier alpha value is -2.17. The standard InChI is InChI=1S/C24H27NO3/c1-15-4-3-5-19(16(15)2)12-18-8-9-22-21(14-18)24(23(26)25-22)27-11-10-20(28-24)13-17-6-7-17/h3-5,8-9,14,17,20H,6-7,10-13H2,1-2H3,(H,25,26)/t20?,24-/m1/s1. The van der Waals surface area contributed by atoms with Gasteiger partial charge in [0.15, 0.2) is 0 Å². The Morgan fingerprint density at radius 3 is 2.82 bits per heavy atom. The number of anilines is 1. The van der Waals surface area contributed by atoms with Crippen molar-refractivity contribution >= 4 is 11.6 Å². The van der Waals surface area contributed by atoms with Gasteiger partial charge in [-0.1, -0.05) is 37.1 Å². The lowest BCUT2D eigenvalue weighted by Crippen LogP contribution is -2.47. The van der Waals surface area contributed by atoms with E-state index in [0.29, 0.717) is 6.61 Å². The zero-order chi connectivity index (χ0) is 19.3. The van der Waals surface area contributed by atoms with Crippen LogP contribution in [0.3, 0.4) is 0 Å².